The number of carbonyl (C=O) groups is 2. The average molecular weight is 242 g/mol. The van der Waals surface area contributed by atoms with Crippen molar-refractivity contribution >= 4 is 12.3 Å². The van der Waals surface area contributed by atoms with Crippen molar-refractivity contribution < 1.29 is 19.1 Å². The molecule has 1 rings (SSSR count). The maximum absolute atomic E-state index is 11.7. The lowest BCUT2D eigenvalue weighted by Crippen LogP contribution is -2.27. The molecule has 1 aliphatic carbocycles. The minimum absolute atomic E-state index is 0.0193. The Hall–Kier alpha value is -0.900. The fourth-order valence-electron chi connectivity index (χ4n) is 2.03. The molecule has 4 nitrogen and oxygen atoms in total. The normalized spacial score (nSPS) is 18.6. The van der Waals surface area contributed by atoms with Crippen LogP contribution in [0.25, 0.3) is 0 Å². The Labute approximate surface area is 103 Å². The van der Waals surface area contributed by atoms with E-state index in [4.69, 9.17) is 9.47 Å². The van der Waals surface area contributed by atoms with E-state index < -0.39 is 5.92 Å². The van der Waals surface area contributed by atoms with Crippen molar-refractivity contribution in [2.24, 2.45) is 5.92 Å². The predicted molar refractivity (Wildman–Crippen MR) is 63.6 cm³/mol. The maximum Gasteiger partial charge on any atom is 0.316 e. The van der Waals surface area contributed by atoms with E-state index in [1.165, 1.54) is 6.42 Å². The maximum atomic E-state index is 11.7. The summed E-state index contributed by atoms with van der Waals surface area (Å²) in [5.74, 6) is -1.05. The van der Waals surface area contributed by atoms with Crippen LogP contribution in [0.1, 0.15) is 45.4 Å². The summed E-state index contributed by atoms with van der Waals surface area (Å²) in [4.78, 5) is 22.6. The predicted octanol–water partition coefficient (Wildman–Crippen LogP) is 2.10. The van der Waals surface area contributed by atoms with E-state index in [2.05, 4.69) is 0 Å². The molecule has 0 saturated heterocycles. The van der Waals surface area contributed by atoms with Crippen molar-refractivity contribution in [3.05, 3.63) is 0 Å². The summed E-state index contributed by atoms with van der Waals surface area (Å²) in [6.45, 7) is 2.92. The number of hydrogen-bond acceptors (Lipinski definition) is 4. The van der Waals surface area contributed by atoms with E-state index in [1.54, 1.807) is 0 Å². The molecule has 0 aromatic rings. The quantitative estimate of drug-likeness (QED) is 0.297. The van der Waals surface area contributed by atoms with Gasteiger partial charge in [-0.25, -0.2) is 0 Å². The monoisotopic (exact) mass is 242 g/mol. The Morgan fingerprint density at radius 3 is 2.65 bits per heavy atom. The van der Waals surface area contributed by atoms with Gasteiger partial charge in [-0.3, -0.25) is 4.79 Å². The summed E-state index contributed by atoms with van der Waals surface area (Å²) in [6.07, 6.45) is 6.42. The molecule has 0 aliphatic heterocycles. The first-order valence-corrected chi connectivity index (χ1v) is 6.51. The molecule has 0 aromatic carbocycles. The van der Waals surface area contributed by atoms with Crippen molar-refractivity contribution in [1.82, 2.24) is 0 Å². The van der Waals surface area contributed by atoms with E-state index in [-0.39, 0.29) is 12.1 Å². The molecule has 17 heavy (non-hydrogen) atoms. The molecule has 1 saturated carbocycles. The number of hydrogen-bond donors (Lipinski definition) is 0. The highest BCUT2D eigenvalue weighted by molar-refractivity contribution is 5.87. The minimum atomic E-state index is -0.663. The van der Waals surface area contributed by atoms with Gasteiger partial charge in [-0.2, -0.15) is 0 Å². The Balaban J connectivity index is 2.29. The summed E-state index contributed by atoms with van der Waals surface area (Å²) in [5.41, 5.74) is 0. The first kappa shape index (κ1) is 14.2. The van der Waals surface area contributed by atoms with Crippen LogP contribution >= 0.6 is 0 Å². The van der Waals surface area contributed by atoms with Crippen LogP contribution in [-0.4, -0.2) is 31.6 Å². The smallest absolute Gasteiger partial charge is 0.316 e. The molecular weight excluding hydrogens is 220 g/mol. The fraction of sp³-hybridized carbons (Fsp3) is 0.846. The minimum Gasteiger partial charge on any atom is -0.462 e. The van der Waals surface area contributed by atoms with Gasteiger partial charge < -0.3 is 14.3 Å². The van der Waals surface area contributed by atoms with Gasteiger partial charge in [0.05, 0.1) is 0 Å². The zero-order valence-corrected chi connectivity index (χ0v) is 10.5. The molecule has 1 unspecified atom stereocenters. The fourth-order valence-corrected chi connectivity index (χ4v) is 2.03. The van der Waals surface area contributed by atoms with Crippen LogP contribution in [0, 0.1) is 5.92 Å². The third-order valence-electron chi connectivity index (χ3n) is 3.08. The molecular formula is C13H22O4. The van der Waals surface area contributed by atoms with Crippen molar-refractivity contribution in [3.8, 4) is 0 Å². The topological polar surface area (TPSA) is 52.6 Å². The number of carbonyl (C=O) groups excluding carboxylic acids is 2. The second-order valence-corrected chi connectivity index (χ2v) is 4.43. The Kier molecular flexibility index (Phi) is 6.86. The molecule has 0 heterocycles. The highest BCUT2D eigenvalue weighted by atomic mass is 16.5. The summed E-state index contributed by atoms with van der Waals surface area (Å²) < 4.78 is 10.5. The third kappa shape index (κ3) is 5.31. The van der Waals surface area contributed by atoms with Crippen LogP contribution in [0.5, 0.6) is 0 Å². The van der Waals surface area contributed by atoms with Gasteiger partial charge in [-0.15, -0.1) is 0 Å². The highest BCUT2D eigenvalue weighted by Gasteiger charge is 2.24. The molecule has 0 N–H and O–H groups in total. The van der Waals surface area contributed by atoms with Gasteiger partial charge in [0.1, 0.15) is 18.3 Å². The second kappa shape index (κ2) is 8.23. The lowest BCUT2D eigenvalue weighted by atomic mass is 9.97. The van der Waals surface area contributed by atoms with E-state index in [9.17, 15) is 9.59 Å². The number of aldehydes is 1. The van der Waals surface area contributed by atoms with Gasteiger partial charge >= 0.3 is 5.97 Å². The van der Waals surface area contributed by atoms with Gasteiger partial charge in [-0.05, 0) is 39.0 Å². The average Bonchev–Trinajstić information content (AvgIpc) is 2.36. The van der Waals surface area contributed by atoms with Crippen LogP contribution in [0.4, 0.5) is 0 Å². The van der Waals surface area contributed by atoms with Crippen LogP contribution in [0.2, 0.25) is 0 Å². The molecule has 0 spiro atoms. The SMILES string of the molecule is CCOCCC(C=O)C(=O)OC1CCCCC1. The number of esters is 1. The summed E-state index contributed by atoms with van der Waals surface area (Å²) in [6, 6.07) is 0. The number of ether oxygens (including phenoxy) is 2. The molecule has 1 fully saturated rings. The van der Waals surface area contributed by atoms with E-state index in [1.807, 2.05) is 6.92 Å². The second-order valence-electron chi connectivity index (χ2n) is 4.43. The van der Waals surface area contributed by atoms with E-state index >= 15 is 0 Å². The Morgan fingerprint density at radius 1 is 1.35 bits per heavy atom. The largest absolute Gasteiger partial charge is 0.462 e. The first-order chi connectivity index (χ1) is 8.27. The number of rotatable bonds is 7. The van der Waals surface area contributed by atoms with Gasteiger partial charge in [0.25, 0.3) is 0 Å². The lowest BCUT2D eigenvalue weighted by molar-refractivity contribution is -0.157. The molecule has 0 aromatic heterocycles. The summed E-state index contributed by atoms with van der Waals surface area (Å²) >= 11 is 0. The summed E-state index contributed by atoms with van der Waals surface area (Å²) in [7, 11) is 0. The molecule has 1 atom stereocenters. The van der Waals surface area contributed by atoms with Crippen molar-refractivity contribution in [2.75, 3.05) is 13.2 Å². The van der Waals surface area contributed by atoms with Crippen molar-refractivity contribution in [3.63, 3.8) is 0 Å². The van der Waals surface area contributed by atoms with Gasteiger partial charge in [-0.1, -0.05) is 6.42 Å². The Morgan fingerprint density at radius 2 is 2.06 bits per heavy atom. The highest BCUT2D eigenvalue weighted by Crippen LogP contribution is 2.21. The Bertz CT molecular complexity index is 234. The molecule has 1 aliphatic rings. The molecule has 98 valence electrons. The first-order valence-electron chi connectivity index (χ1n) is 6.51. The van der Waals surface area contributed by atoms with E-state index in [0.29, 0.717) is 25.9 Å². The van der Waals surface area contributed by atoms with E-state index in [0.717, 1.165) is 25.7 Å². The zero-order chi connectivity index (χ0) is 12.5. The lowest BCUT2D eigenvalue weighted by Gasteiger charge is -2.23. The van der Waals surface area contributed by atoms with Gasteiger partial charge in [0, 0.05) is 13.2 Å². The molecule has 0 bridgehead atoms. The van der Waals surface area contributed by atoms with Crippen molar-refractivity contribution in [2.45, 2.75) is 51.6 Å². The van der Waals surface area contributed by atoms with Crippen LogP contribution < -0.4 is 0 Å². The van der Waals surface area contributed by atoms with Crippen molar-refractivity contribution in [1.29, 1.82) is 0 Å². The zero-order valence-electron chi connectivity index (χ0n) is 10.5. The van der Waals surface area contributed by atoms with Crippen LogP contribution in [0.15, 0.2) is 0 Å². The van der Waals surface area contributed by atoms with Gasteiger partial charge in [0.2, 0.25) is 0 Å². The van der Waals surface area contributed by atoms with Crippen LogP contribution in [-0.2, 0) is 19.1 Å². The summed E-state index contributed by atoms with van der Waals surface area (Å²) in [5, 5.41) is 0. The standard InChI is InChI=1S/C13H22O4/c1-2-16-9-8-11(10-14)13(15)17-12-6-4-3-5-7-12/h10-12H,2-9H2,1H3. The van der Waals surface area contributed by atoms with Gasteiger partial charge in [0.15, 0.2) is 0 Å². The molecule has 0 radical (unpaired) electrons. The third-order valence-corrected chi connectivity index (χ3v) is 3.08. The van der Waals surface area contributed by atoms with Crippen LogP contribution in [0.3, 0.4) is 0 Å². The molecule has 0 amide bonds. The molecule has 4 heteroatoms.